The molecule has 0 spiro atoms. The molecule has 5 atom stereocenters. The summed E-state index contributed by atoms with van der Waals surface area (Å²) in [7, 11) is 3.06. The van der Waals surface area contributed by atoms with Gasteiger partial charge < -0.3 is 44.5 Å². The van der Waals surface area contributed by atoms with E-state index < -0.39 is 37.3 Å². The second-order valence-electron chi connectivity index (χ2n) is 8.03. The summed E-state index contributed by atoms with van der Waals surface area (Å²) in [5.41, 5.74) is 4.19. The third-order valence-corrected chi connectivity index (χ3v) is 6.09. The van der Waals surface area contributed by atoms with E-state index >= 15 is 0 Å². The van der Waals surface area contributed by atoms with E-state index in [0.29, 0.717) is 17.9 Å². The first kappa shape index (κ1) is 23.5. The van der Waals surface area contributed by atoms with Crippen molar-refractivity contribution >= 4 is 5.57 Å². The molecule has 0 bridgehead atoms. The van der Waals surface area contributed by atoms with Gasteiger partial charge in [0, 0.05) is 0 Å². The molecule has 1 aliphatic heterocycles. The van der Waals surface area contributed by atoms with Gasteiger partial charge in [0.05, 0.1) is 27.4 Å². The SMILES string of the molecule is COc1ccc2c(c1)CC=C(CO[C@@H]1O[C@H](CO)[C@@H](O)[C@H](O)[C@H]1O)c1cc(OC)c(O)cc1-2. The smallest absolute Gasteiger partial charge is 0.187 e. The molecule has 1 heterocycles. The summed E-state index contributed by atoms with van der Waals surface area (Å²) in [5, 5.41) is 50.1. The van der Waals surface area contributed by atoms with Crippen LogP contribution in [0.5, 0.6) is 17.2 Å². The fraction of sp³-hybridized carbons (Fsp3) is 0.417. The fourth-order valence-electron chi connectivity index (χ4n) is 4.21. The van der Waals surface area contributed by atoms with Gasteiger partial charge in [-0.2, -0.15) is 0 Å². The summed E-state index contributed by atoms with van der Waals surface area (Å²) in [5.74, 6) is 1.00. The average Bonchev–Trinajstić information content (AvgIpc) is 2.97. The Kier molecular flexibility index (Phi) is 6.89. The number of fused-ring (bicyclic) bond motifs is 3. The first-order valence-corrected chi connectivity index (χ1v) is 10.6. The lowest BCUT2D eigenvalue weighted by Crippen LogP contribution is -2.59. The number of aliphatic hydroxyl groups is 4. The van der Waals surface area contributed by atoms with Crippen molar-refractivity contribution in [2.24, 2.45) is 0 Å². The van der Waals surface area contributed by atoms with Gasteiger partial charge in [-0.05, 0) is 58.5 Å². The van der Waals surface area contributed by atoms with Gasteiger partial charge in [0.15, 0.2) is 17.8 Å². The van der Waals surface area contributed by atoms with E-state index in [1.165, 1.54) is 7.11 Å². The quantitative estimate of drug-likeness (QED) is 0.424. The van der Waals surface area contributed by atoms with Crippen molar-refractivity contribution < 1.29 is 44.5 Å². The lowest BCUT2D eigenvalue weighted by Gasteiger charge is -2.39. The molecule has 9 heteroatoms. The number of aromatic hydroxyl groups is 1. The van der Waals surface area contributed by atoms with Crippen LogP contribution in [0.25, 0.3) is 16.7 Å². The van der Waals surface area contributed by atoms with Crippen molar-refractivity contribution in [3.05, 3.63) is 47.5 Å². The van der Waals surface area contributed by atoms with E-state index in [2.05, 4.69) is 0 Å². The first-order chi connectivity index (χ1) is 15.9. The van der Waals surface area contributed by atoms with Gasteiger partial charge in [-0.15, -0.1) is 0 Å². The second-order valence-corrected chi connectivity index (χ2v) is 8.03. The topological polar surface area (TPSA) is 138 Å². The molecule has 0 unspecified atom stereocenters. The van der Waals surface area contributed by atoms with Gasteiger partial charge in [-0.3, -0.25) is 0 Å². The van der Waals surface area contributed by atoms with Crippen LogP contribution in [0.15, 0.2) is 36.4 Å². The monoisotopic (exact) mass is 460 g/mol. The van der Waals surface area contributed by atoms with Crippen molar-refractivity contribution in [3.8, 4) is 28.4 Å². The number of methoxy groups -OCH3 is 2. The number of benzene rings is 2. The molecule has 2 aromatic carbocycles. The maximum atomic E-state index is 10.4. The van der Waals surface area contributed by atoms with Crippen molar-refractivity contribution in [2.75, 3.05) is 27.4 Å². The Morgan fingerprint density at radius 1 is 0.939 bits per heavy atom. The fourth-order valence-corrected chi connectivity index (χ4v) is 4.21. The summed E-state index contributed by atoms with van der Waals surface area (Å²) < 4.78 is 21.9. The highest BCUT2D eigenvalue weighted by Crippen LogP contribution is 2.42. The van der Waals surface area contributed by atoms with E-state index in [1.54, 1.807) is 19.2 Å². The minimum Gasteiger partial charge on any atom is -0.504 e. The second kappa shape index (κ2) is 9.68. The Bertz CT molecular complexity index is 1030. The summed E-state index contributed by atoms with van der Waals surface area (Å²) in [4.78, 5) is 0. The highest BCUT2D eigenvalue weighted by Gasteiger charge is 2.44. The van der Waals surface area contributed by atoms with Crippen LogP contribution in [0.2, 0.25) is 0 Å². The van der Waals surface area contributed by atoms with Gasteiger partial charge in [-0.1, -0.05) is 12.1 Å². The van der Waals surface area contributed by atoms with E-state index in [4.69, 9.17) is 18.9 Å². The van der Waals surface area contributed by atoms with E-state index in [0.717, 1.165) is 27.8 Å². The molecule has 1 saturated heterocycles. The maximum absolute atomic E-state index is 10.4. The van der Waals surface area contributed by atoms with E-state index in [-0.39, 0.29) is 12.4 Å². The third-order valence-electron chi connectivity index (χ3n) is 6.09. The Balaban J connectivity index is 1.67. The zero-order valence-electron chi connectivity index (χ0n) is 18.3. The minimum atomic E-state index is -1.52. The predicted octanol–water partition coefficient (Wildman–Crippen LogP) is 0.832. The van der Waals surface area contributed by atoms with Gasteiger partial charge in [0.25, 0.3) is 0 Å². The summed E-state index contributed by atoms with van der Waals surface area (Å²) >= 11 is 0. The molecule has 9 nitrogen and oxygen atoms in total. The molecule has 1 aliphatic carbocycles. The normalized spacial score (nSPS) is 26.6. The molecule has 178 valence electrons. The molecule has 1 fully saturated rings. The van der Waals surface area contributed by atoms with Crippen LogP contribution in [0.3, 0.4) is 0 Å². The minimum absolute atomic E-state index is 0.00521. The highest BCUT2D eigenvalue weighted by atomic mass is 16.7. The van der Waals surface area contributed by atoms with Gasteiger partial charge in [0.1, 0.15) is 30.2 Å². The van der Waals surface area contributed by atoms with Crippen molar-refractivity contribution in [2.45, 2.75) is 37.1 Å². The predicted molar refractivity (Wildman–Crippen MR) is 118 cm³/mol. The number of aliphatic hydroxyl groups excluding tert-OH is 4. The molecule has 2 aromatic rings. The molecule has 5 N–H and O–H groups in total. The molecule has 0 aromatic heterocycles. The molecule has 0 radical (unpaired) electrons. The summed E-state index contributed by atoms with van der Waals surface area (Å²) in [6.07, 6.45) is -4.27. The average molecular weight is 460 g/mol. The van der Waals surface area contributed by atoms with Gasteiger partial charge in [-0.25, -0.2) is 0 Å². The van der Waals surface area contributed by atoms with Crippen molar-refractivity contribution in [1.29, 1.82) is 0 Å². The first-order valence-electron chi connectivity index (χ1n) is 10.6. The number of allylic oxidation sites excluding steroid dienone is 1. The molecular weight excluding hydrogens is 432 g/mol. The number of ether oxygens (including phenoxy) is 4. The Morgan fingerprint density at radius 2 is 1.73 bits per heavy atom. The Morgan fingerprint density at radius 3 is 2.42 bits per heavy atom. The molecule has 4 rings (SSSR count). The lowest BCUT2D eigenvalue weighted by atomic mass is 9.93. The number of phenols is 1. The van der Waals surface area contributed by atoms with E-state index in [1.807, 2.05) is 24.3 Å². The van der Waals surface area contributed by atoms with Crippen molar-refractivity contribution in [3.63, 3.8) is 0 Å². The largest absolute Gasteiger partial charge is 0.504 e. The van der Waals surface area contributed by atoms with Crippen LogP contribution in [0.4, 0.5) is 0 Å². The van der Waals surface area contributed by atoms with Gasteiger partial charge in [0.2, 0.25) is 0 Å². The van der Waals surface area contributed by atoms with Crippen LogP contribution in [0, 0.1) is 0 Å². The molecule has 2 aliphatic rings. The van der Waals surface area contributed by atoms with Crippen LogP contribution in [0.1, 0.15) is 11.1 Å². The zero-order chi connectivity index (χ0) is 23.7. The number of phenolic OH excluding ortho intramolecular Hbond substituents is 1. The molecular formula is C24H28O9. The number of rotatable bonds is 6. The molecule has 0 amide bonds. The van der Waals surface area contributed by atoms with Crippen LogP contribution in [-0.4, -0.2) is 83.7 Å². The highest BCUT2D eigenvalue weighted by molar-refractivity contribution is 5.87. The number of hydrogen-bond acceptors (Lipinski definition) is 9. The van der Waals surface area contributed by atoms with Crippen LogP contribution < -0.4 is 9.47 Å². The summed E-state index contributed by atoms with van der Waals surface area (Å²) in [6.45, 7) is -0.543. The zero-order valence-corrected chi connectivity index (χ0v) is 18.3. The molecule has 0 saturated carbocycles. The van der Waals surface area contributed by atoms with Crippen LogP contribution >= 0.6 is 0 Å². The summed E-state index contributed by atoms with van der Waals surface area (Å²) in [6, 6.07) is 9.05. The Hall–Kier alpha value is -2.66. The number of hydrogen-bond donors (Lipinski definition) is 5. The standard InChI is InChI=1S/C24H28O9/c1-30-14-5-6-15-12(7-14)3-4-13(16-9-19(31-2)18(26)8-17(15)16)11-32-24-23(29)22(28)21(27)20(10-25)33-24/h4-9,20-29H,3,10-11H2,1-2H3/t20-,21-,22+,23-,24-/m1/s1. The maximum Gasteiger partial charge on any atom is 0.187 e. The third kappa shape index (κ3) is 4.43. The molecule has 33 heavy (non-hydrogen) atoms. The van der Waals surface area contributed by atoms with Gasteiger partial charge >= 0.3 is 0 Å². The van der Waals surface area contributed by atoms with Crippen molar-refractivity contribution in [1.82, 2.24) is 0 Å². The van der Waals surface area contributed by atoms with Crippen LogP contribution in [-0.2, 0) is 15.9 Å². The lowest BCUT2D eigenvalue weighted by molar-refractivity contribution is -0.297. The van der Waals surface area contributed by atoms with E-state index in [9.17, 15) is 25.5 Å². The Labute approximate surface area is 191 Å².